The van der Waals surface area contributed by atoms with Gasteiger partial charge in [0.25, 0.3) is 0 Å². The Labute approximate surface area is 176 Å². The number of hydrogen-bond donors (Lipinski definition) is 1. The molecule has 1 atom stereocenters. The second-order valence-electron chi connectivity index (χ2n) is 6.92. The van der Waals surface area contributed by atoms with E-state index in [4.69, 9.17) is 23.2 Å². The Hall–Kier alpha value is -1.60. The Morgan fingerprint density at radius 2 is 1.68 bits per heavy atom. The number of halogens is 2. The van der Waals surface area contributed by atoms with Crippen LogP contribution >= 0.6 is 23.2 Å². The molecule has 0 aliphatic rings. The van der Waals surface area contributed by atoms with E-state index in [2.05, 4.69) is 11.4 Å². The highest BCUT2D eigenvalue weighted by Crippen LogP contribution is 2.27. The third-order valence-corrected chi connectivity index (χ3v) is 7.19. The van der Waals surface area contributed by atoms with Crippen molar-refractivity contribution in [3.8, 4) is 0 Å². The average molecular weight is 443 g/mol. The minimum Gasteiger partial charge on any atom is -0.348 e. The lowest BCUT2D eigenvalue weighted by molar-refractivity contribution is -0.121. The molecule has 2 aromatic carbocycles. The van der Waals surface area contributed by atoms with Gasteiger partial charge in [0.05, 0.1) is 17.6 Å². The maximum absolute atomic E-state index is 12.7. The van der Waals surface area contributed by atoms with Gasteiger partial charge in [-0.05, 0) is 68.1 Å². The lowest BCUT2D eigenvalue weighted by Crippen LogP contribution is -2.39. The summed E-state index contributed by atoms with van der Waals surface area (Å²) >= 11 is 11.9. The Bertz CT molecular complexity index is 1010. The maximum atomic E-state index is 12.7. The van der Waals surface area contributed by atoms with Crippen molar-refractivity contribution in [2.24, 2.45) is 0 Å². The number of carbonyl (C=O) groups excluding carboxylic acids is 1. The number of nitrogens with zero attached hydrogens (tertiary/aromatic N) is 1. The number of sulfonamides is 1. The topological polar surface area (TPSA) is 66.5 Å². The minimum atomic E-state index is -3.95. The third kappa shape index (κ3) is 5.06. The summed E-state index contributed by atoms with van der Waals surface area (Å²) in [7, 11) is -2.62. The zero-order valence-electron chi connectivity index (χ0n) is 16.5. The van der Waals surface area contributed by atoms with Gasteiger partial charge < -0.3 is 5.32 Å². The molecular formula is C20H24Cl2N2O3S. The number of likely N-dealkylation sites (N-methyl/N-ethyl adjacent to an activating group) is 1. The minimum absolute atomic E-state index is 0.0516. The van der Waals surface area contributed by atoms with E-state index in [1.54, 1.807) is 0 Å². The van der Waals surface area contributed by atoms with Gasteiger partial charge in [-0.3, -0.25) is 4.79 Å². The molecule has 0 unspecified atom stereocenters. The van der Waals surface area contributed by atoms with Crippen molar-refractivity contribution in [2.45, 2.75) is 38.6 Å². The van der Waals surface area contributed by atoms with E-state index in [-0.39, 0.29) is 27.5 Å². The molecule has 0 aliphatic heterocycles. The highest BCUT2D eigenvalue weighted by molar-refractivity contribution is 7.89. The smallest absolute Gasteiger partial charge is 0.244 e. The molecule has 2 aromatic rings. The van der Waals surface area contributed by atoms with E-state index < -0.39 is 15.9 Å². The molecule has 5 nitrogen and oxygen atoms in total. The average Bonchev–Trinajstić information content (AvgIpc) is 2.59. The second kappa shape index (κ2) is 8.82. The van der Waals surface area contributed by atoms with E-state index in [1.165, 1.54) is 30.8 Å². The molecule has 0 saturated carbocycles. The van der Waals surface area contributed by atoms with Crippen LogP contribution in [-0.4, -0.2) is 32.2 Å². The molecule has 0 fully saturated rings. The summed E-state index contributed by atoms with van der Waals surface area (Å²) in [5.41, 5.74) is 4.39. The van der Waals surface area contributed by atoms with Gasteiger partial charge in [0.1, 0.15) is 4.90 Å². The molecule has 0 heterocycles. The van der Waals surface area contributed by atoms with E-state index in [0.29, 0.717) is 0 Å². The molecule has 8 heteroatoms. The van der Waals surface area contributed by atoms with Crippen LogP contribution in [0.2, 0.25) is 10.0 Å². The molecule has 0 spiro atoms. The predicted molar refractivity (Wildman–Crippen MR) is 113 cm³/mol. The van der Waals surface area contributed by atoms with Crippen LogP contribution in [0.4, 0.5) is 0 Å². The largest absolute Gasteiger partial charge is 0.348 e. The summed E-state index contributed by atoms with van der Waals surface area (Å²) in [4.78, 5) is 12.3. The van der Waals surface area contributed by atoms with Gasteiger partial charge in [0, 0.05) is 12.1 Å². The van der Waals surface area contributed by atoms with Gasteiger partial charge in [-0.1, -0.05) is 35.3 Å². The zero-order chi connectivity index (χ0) is 21.2. The first-order valence-electron chi connectivity index (χ1n) is 8.72. The first kappa shape index (κ1) is 22.7. The summed E-state index contributed by atoms with van der Waals surface area (Å²) in [6.45, 7) is 7.58. The van der Waals surface area contributed by atoms with E-state index in [0.717, 1.165) is 21.0 Å². The van der Waals surface area contributed by atoms with Crippen molar-refractivity contribution in [3.63, 3.8) is 0 Å². The summed E-state index contributed by atoms with van der Waals surface area (Å²) < 4.78 is 26.4. The SMILES string of the molecule is Cc1cc(C)c([C@H](C)NC(=O)CN(C)S(=O)(=O)c2cc(Cl)ccc2Cl)cc1C. The zero-order valence-corrected chi connectivity index (χ0v) is 18.8. The molecule has 0 saturated heterocycles. The molecule has 0 bridgehead atoms. The van der Waals surface area contributed by atoms with Crippen LogP contribution in [-0.2, 0) is 14.8 Å². The quantitative estimate of drug-likeness (QED) is 0.719. The number of hydrogen-bond acceptors (Lipinski definition) is 3. The number of aryl methyl sites for hydroxylation is 3. The molecular weight excluding hydrogens is 419 g/mol. The van der Waals surface area contributed by atoms with Gasteiger partial charge in [-0.15, -0.1) is 0 Å². The Kier molecular flexibility index (Phi) is 7.15. The van der Waals surface area contributed by atoms with Crippen molar-refractivity contribution >= 4 is 39.1 Å². The Balaban J connectivity index is 2.14. The van der Waals surface area contributed by atoms with Crippen LogP contribution in [0, 0.1) is 20.8 Å². The Morgan fingerprint density at radius 1 is 1.07 bits per heavy atom. The van der Waals surface area contributed by atoms with E-state index >= 15 is 0 Å². The number of nitrogens with one attached hydrogen (secondary N) is 1. The highest BCUT2D eigenvalue weighted by Gasteiger charge is 2.26. The first-order valence-corrected chi connectivity index (χ1v) is 10.9. The fraction of sp³-hybridized carbons (Fsp3) is 0.350. The van der Waals surface area contributed by atoms with Gasteiger partial charge >= 0.3 is 0 Å². The van der Waals surface area contributed by atoms with Crippen molar-refractivity contribution in [2.75, 3.05) is 13.6 Å². The highest BCUT2D eigenvalue weighted by atomic mass is 35.5. The summed E-state index contributed by atoms with van der Waals surface area (Å²) in [6.07, 6.45) is 0. The van der Waals surface area contributed by atoms with Crippen LogP contribution in [0.1, 0.15) is 35.2 Å². The third-order valence-electron chi connectivity index (χ3n) is 4.67. The van der Waals surface area contributed by atoms with Gasteiger partial charge in [-0.2, -0.15) is 4.31 Å². The molecule has 1 N–H and O–H groups in total. The van der Waals surface area contributed by atoms with E-state index in [1.807, 2.05) is 33.8 Å². The van der Waals surface area contributed by atoms with Crippen LogP contribution in [0.5, 0.6) is 0 Å². The predicted octanol–water partition coefficient (Wildman–Crippen LogP) is 4.42. The van der Waals surface area contributed by atoms with Gasteiger partial charge in [-0.25, -0.2) is 8.42 Å². The van der Waals surface area contributed by atoms with Crippen LogP contribution in [0.3, 0.4) is 0 Å². The summed E-state index contributed by atoms with van der Waals surface area (Å²) in [6, 6.07) is 8.05. The van der Waals surface area contributed by atoms with Gasteiger partial charge in [0.2, 0.25) is 15.9 Å². The second-order valence-corrected chi connectivity index (χ2v) is 9.78. The van der Waals surface area contributed by atoms with Crippen molar-refractivity contribution in [1.82, 2.24) is 9.62 Å². The van der Waals surface area contributed by atoms with Gasteiger partial charge in [0.15, 0.2) is 0 Å². The van der Waals surface area contributed by atoms with Crippen molar-refractivity contribution in [1.29, 1.82) is 0 Å². The molecule has 28 heavy (non-hydrogen) atoms. The normalized spacial score (nSPS) is 12.9. The number of rotatable bonds is 6. The molecule has 2 rings (SSSR count). The fourth-order valence-corrected chi connectivity index (χ4v) is 4.80. The van der Waals surface area contributed by atoms with Crippen LogP contribution in [0.15, 0.2) is 35.2 Å². The number of benzene rings is 2. The van der Waals surface area contributed by atoms with E-state index in [9.17, 15) is 13.2 Å². The molecule has 0 radical (unpaired) electrons. The number of amides is 1. The molecule has 1 amide bonds. The molecule has 0 aromatic heterocycles. The van der Waals surface area contributed by atoms with Crippen molar-refractivity contribution in [3.05, 3.63) is 62.6 Å². The van der Waals surface area contributed by atoms with Crippen LogP contribution < -0.4 is 5.32 Å². The van der Waals surface area contributed by atoms with Crippen LogP contribution in [0.25, 0.3) is 0 Å². The lowest BCUT2D eigenvalue weighted by Gasteiger charge is -2.21. The summed E-state index contributed by atoms with van der Waals surface area (Å²) in [5, 5.41) is 3.16. The monoisotopic (exact) mass is 442 g/mol. The molecule has 152 valence electrons. The summed E-state index contributed by atoms with van der Waals surface area (Å²) in [5.74, 6) is -0.408. The Morgan fingerprint density at radius 3 is 2.32 bits per heavy atom. The maximum Gasteiger partial charge on any atom is 0.244 e. The number of carbonyl (C=O) groups is 1. The first-order chi connectivity index (χ1) is 12.9. The molecule has 0 aliphatic carbocycles. The standard InChI is InChI=1S/C20H24Cl2N2O3S/c1-12-8-14(3)17(9-13(12)2)15(4)23-20(25)11-24(5)28(26,27)19-10-16(21)6-7-18(19)22/h6-10,15H,11H2,1-5H3,(H,23,25)/t15-/m0/s1. The van der Waals surface area contributed by atoms with Crippen molar-refractivity contribution < 1.29 is 13.2 Å². The fourth-order valence-electron chi connectivity index (χ4n) is 2.94. The lowest BCUT2D eigenvalue weighted by atomic mass is 9.96.